The summed E-state index contributed by atoms with van der Waals surface area (Å²) in [5, 5.41) is 7.57. The molecule has 0 aromatic carbocycles. The van der Waals surface area contributed by atoms with E-state index in [0.29, 0.717) is 22.6 Å². The minimum Gasteiger partial charge on any atom is -0.317 e. The van der Waals surface area contributed by atoms with E-state index in [-0.39, 0.29) is 5.69 Å². The van der Waals surface area contributed by atoms with Crippen molar-refractivity contribution in [2.75, 3.05) is 13.1 Å². The topological polar surface area (TPSA) is 68.5 Å². The summed E-state index contributed by atoms with van der Waals surface area (Å²) in [7, 11) is 1.79. The Balaban J connectivity index is 1.55. The molecule has 4 aromatic heterocycles. The summed E-state index contributed by atoms with van der Waals surface area (Å²) in [6, 6.07) is 9.11. The van der Waals surface area contributed by atoms with Gasteiger partial charge in [-0.2, -0.15) is 5.10 Å². The largest absolute Gasteiger partial charge is 0.317 e. The van der Waals surface area contributed by atoms with Crippen LogP contribution in [0.15, 0.2) is 36.5 Å². The van der Waals surface area contributed by atoms with Crippen LogP contribution in [0.3, 0.4) is 0 Å². The van der Waals surface area contributed by atoms with Crippen molar-refractivity contribution in [3.63, 3.8) is 0 Å². The Morgan fingerprint density at radius 2 is 1.74 bits per heavy atom. The van der Waals surface area contributed by atoms with E-state index in [2.05, 4.69) is 20.4 Å². The van der Waals surface area contributed by atoms with Crippen molar-refractivity contribution < 1.29 is 4.39 Å². The summed E-state index contributed by atoms with van der Waals surface area (Å²) in [6.07, 6.45) is 3.97. The van der Waals surface area contributed by atoms with E-state index in [1.165, 1.54) is 6.07 Å². The van der Waals surface area contributed by atoms with Gasteiger partial charge in [0.25, 0.3) is 0 Å². The SMILES string of the molecule is Cn1cc2nc(-c3ccc4nc(C5CCNCC5)ccc4n3)c(F)cc2n1. The lowest BCUT2D eigenvalue weighted by Gasteiger charge is -2.22. The maximum Gasteiger partial charge on any atom is 0.153 e. The number of nitrogens with zero attached hydrogens (tertiary/aromatic N) is 5. The van der Waals surface area contributed by atoms with Crippen LogP contribution in [0.2, 0.25) is 0 Å². The normalized spacial score (nSPS) is 15.6. The Morgan fingerprint density at radius 1 is 0.963 bits per heavy atom. The second-order valence-corrected chi connectivity index (χ2v) is 7.02. The minimum atomic E-state index is -0.424. The molecule has 0 amide bonds. The Labute approximate surface area is 155 Å². The van der Waals surface area contributed by atoms with Gasteiger partial charge in [0.15, 0.2) is 5.82 Å². The molecule has 5 heterocycles. The summed E-state index contributed by atoms with van der Waals surface area (Å²) in [5.41, 5.74) is 4.61. The van der Waals surface area contributed by atoms with E-state index in [1.54, 1.807) is 24.0 Å². The summed E-state index contributed by atoms with van der Waals surface area (Å²) in [5.74, 6) is 0.0646. The predicted octanol–water partition coefficient (Wildman–Crippen LogP) is 3.18. The van der Waals surface area contributed by atoms with Crippen molar-refractivity contribution in [2.24, 2.45) is 7.05 Å². The number of hydrogen-bond acceptors (Lipinski definition) is 5. The molecule has 4 aromatic rings. The summed E-state index contributed by atoms with van der Waals surface area (Å²) in [4.78, 5) is 13.8. The Hall–Kier alpha value is -2.93. The highest BCUT2D eigenvalue weighted by molar-refractivity contribution is 5.80. The highest BCUT2D eigenvalue weighted by Gasteiger charge is 2.17. The number of hydrogen-bond donors (Lipinski definition) is 1. The van der Waals surface area contributed by atoms with E-state index >= 15 is 0 Å². The van der Waals surface area contributed by atoms with Crippen LogP contribution in [0.4, 0.5) is 4.39 Å². The molecule has 27 heavy (non-hydrogen) atoms. The van der Waals surface area contributed by atoms with Gasteiger partial charge in [0, 0.05) is 24.7 Å². The number of aryl methyl sites for hydroxylation is 1. The molecule has 0 radical (unpaired) electrons. The van der Waals surface area contributed by atoms with Crippen molar-refractivity contribution in [3.8, 4) is 11.4 Å². The van der Waals surface area contributed by atoms with Gasteiger partial charge >= 0.3 is 0 Å². The number of fused-ring (bicyclic) bond motifs is 2. The van der Waals surface area contributed by atoms with Gasteiger partial charge in [0.05, 0.1) is 22.9 Å². The molecule has 1 aliphatic rings. The minimum absolute atomic E-state index is 0.236. The Bertz CT molecular complexity index is 1150. The molecular formula is C20H19FN6. The fourth-order valence-electron chi connectivity index (χ4n) is 3.73. The van der Waals surface area contributed by atoms with Crippen molar-refractivity contribution in [1.29, 1.82) is 0 Å². The average Bonchev–Trinajstić information content (AvgIpc) is 3.06. The molecule has 1 saturated heterocycles. The molecule has 0 aliphatic carbocycles. The molecule has 0 atom stereocenters. The van der Waals surface area contributed by atoms with Gasteiger partial charge in [-0.25, -0.2) is 14.4 Å². The third-order valence-electron chi connectivity index (χ3n) is 5.12. The molecule has 0 spiro atoms. The van der Waals surface area contributed by atoms with Crippen LogP contribution in [-0.2, 0) is 7.05 Å². The number of rotatable bonds is 2. The molecule has 1 N–H and O–H groups in total. The van der Waals surface area contributed by atoms with Crippen LogP contribution in [0.1, 0.15) is 24.5 Å². The predicted molar refractivity (Wildman–Crippen MR) is 102 cm³/mol. The summed E-state index contributed by atoms with van der Waals surface area (Å²) in [6.45, 7) is 2.06. The van der Waals surface area contributed by atoms with Crippen LogP contribution in [0.25, 0.3) is 33.5 Å². The number of piperidine rings is 1. The van der Waals surface area contributed by atoms with Crippen LogP contribution >= 0.6 is 0 Å². The first-order valence-electron chi connectivity index (χ1n) is 9.16. The maximum atomic E-state index is 14.5. The second-order valence-electron chi connectivity index (χ2n) is 7.02. The summed E-state index contributed by atoms with van der Waals surface area (Å²) < 4.78 is 16.2. The standard InChI is InChI=1S/C20H19FN6/c1-27-11-19-18(26-27)10-13(21)20(25-19)17-5-4-15-16(24-17)3-2-14(23-15)12-6-8-22-9-7-12/h2-5,10-12,22H,6-9H2,1H3. The Morgan fingerprint density at radius 3 is 2.59 bits per heavy atom. The monoisotopic (exact) mass is 362 g/mol. The van der Waals surface area contributed by atoms with Crippen molar-refractivity contribution in [2.45, 2.75) is 18.8 Å². The van der Waals surface area contributed by atoms with Gasteiger partial charge < -0.3 is 5.32 Å². The highest BCUT2D eigenvalue weighted by atomic mass is 19.1. The molecule has 1 fully saturated rings. The van der Waals surface area contributed by atoms with Gasteiger partial charge in [-0.15, -0.1) is 0 Å². The smallest absolute Gasteiger partial charge is 0.153 e. The van der Waals surface area contributed by atoms with E-state index in [1.807, 2.05) is 18.2 Å². The van der Waals surface area contributed by atoms with E-state index < -0.39 is 5.82 Å². The maximum absolute atomic E-state index is 14.5. The van der Waals surface area contributed by atoms with Crippen LogP contribution in [0.5, 0.6) is 0 Å². The van der Waals surface area contributed by atoms with Gasteiger partial charge in [-0.3, -0.25) is 9.67 Å². The summed E-state index contributed by atoms with van der Waals surface area (Å²) >= 11 is 0. The number of halogens is 1. The Kier molecular flexibility index (Phi) is 3.82. The van der Waals surface area contributed by atoms with Crippen LogP contribution in [0, 0.1) is 5.82 Å². The molecular weight excluding hydrogens is 343 g/mol. The molecule has 0 saturated carbocycles. The number of aromatic nitrogens is 5. The third kappa shape index (κ3) is 2.94. The average molecular weight is 362 g/mol. The molecule has 136 valence electrons. The first-order valence-corrected chi connectivity index (χ1v) is 9.16. The molecule has 5 rings (SSSR count). The fourth-order valence-corrected chi connectivity index (χ4v) is 3.73. The second kappa shape index (κ2) is 6.35. The number of pyridine rings is 3. The van der Waals surface area contributed by atoms with Gasteiger partial charge in [0.2, 0.25) is 0 Å². The highest BCUT2D eigenvalue weighted by Crippen LogP contribution is 2.27. The van der Waals surface area contributed by atoms with Crippen molar-refractivity contribution in [1.82, 2.24) is 30.0 Å². The first kappa shape index (κ1) is 16.3. The van der Waals surface area contributed by atoms with Gasteiger partial charge in [-0.1, -0.05) is 0 Å². The van der Waals surface area contributed by atoms with E-state index in [9.17, 15) is 4.39 Å². The van der Waals surface area contributed by atoms with Crippen LogP contribution in [-0.4, -0.2) is 37.8 Å². The fraction of sp³-hybridized carbons (Fsp3) is 0.300. The van der Waals surface area contributed by atoms with Gasteiger partial charge in [-0.05, 0) is 50.2 Å². The molecule has 0 bridgehead atoms. The molecule has 7 heteroatoms. The lowest BCUT2D eigenvalue weighted by atomic mass is 9.94. The number of nitrogens with one attached hydrogen (secondary N) is 1. The first-order chi connectivity index (χ1) is 13.2. The molecule has 6 nitrogen and oxygen atoms in total. The lowest BCUT2D eigenvalue weighted by Crippen LogP contribution is -2.27. The van der Waals surface area contributed by atoms with E-state index in [0.717, 1.165) is 42.7 Å². The quantitative estimate of drug-likeness (QED) is 0.593. The lowest BCUT2D eigenvalue weighted by molar-refractivity contribution is 0.454. The van der Waals surface area contributed by atoms with Crippen molar-refractivity contribution in [3.05, 3.63) is 48.0 Å². The molecule has 0 unspecified atom stereocenters. The zero-order chi connectivity index (χ0) is 18.4. The van der Waals surface area contributed by atoms with Gasteiger partial charge in [0.1, 0.15) is 16.7 Å². The van der Waals surface area contributed by atoms with E-state index in [4.69, 9.17) is 4.98 Å². The van der Waals surface area contributed by atoms with Crippen LogP contribution < -0.4 is 5.32 Å². The zero-order valence-corrected chi connectivity index (χ0v) is 15.0. The molecule has 1 aliphatic heterocycles. The zero-order valence-electron chi connectivity index (χ0n) is 15.0. The third-order valence-corrected chi connectivity index (χ3v) is 5.12. The van der Waals surface area contributed by atoms with Crippen molar-refractivity contribution >= 4 is 22.1 Å².